The Balaban J connectivity index is 2.41. The first-order chi connectivity index (χ1) is 9.81. The summed E-state index contributed by atoms with van der Waals surface area (Å²) in [4.78, 5) is 12.1. The highest BCUT2D eigenvalue weighted by atomic mass is 32.2. The normalized spacial score (nSPS) is 12.8. The van der Waals surface area contributed by atoms with Crippen molar-refractivity contribution in [3.8, 4) is 5.75 Å². The van der Waals surface area contributed by atoms with Crippen LogP contribution in [0.3, 0.4) is 0 Å². The predicted molar refractivity (Wildman–Crippen MR) is 86.3 cm³/mol. The summed E-state index contributed by atoms with van der Waals surface area (Å²) >= 11 is 1.80. The van der Waals surface area contributed by atoms with Gasteiger partial charge >= 0.3 is 0 Å². The molecular weight excluding hydrogens is 289 g/mol. The molecule has 0 spiro atoms. The summed E-state index contributed by atoms with van der Waals surface area (Å²) in [7, 11) is 0. The summed E-state index contributed by atoms with van der Waals surface area (Å²) in [6, 6.07) is 5.70. The summed E-state index contributed by atoms with van der Waals surface area (Å²) in [6.07, 6.45) is 0.0189. The SMILES string of the molecule is CC[C@H](Oc1ccc(F)cc1)C(=O)NCCSC(C)(C)C. The lowest BCUT2D eigenvalue weighted by Crippen LogP contribution is -2.39. The lowest BCUT2D eigenvalue weighted by Gasteiger charge is -2.19. The monoisotopic (exact) mass is 313 g/mol. The van der Waals surface area contributed by atoms with Crippen molar-refractivity contribution in [1.82, 2.24) is 5.32 Å². The van der Waals surface area contributed by atoms with Crippen molar-refractivity contribution in [3.63, 3.8) is 0 Å². The van der Waals surface area contributed by atoms with Crippen LogP contribution in [0.2, 0.25) is 0 Å². The third kappa shape index (κ3) is 7.37. The minimum absolute atomic E-state index is 0.128. The highest BCUT2D eigenvalue weighted by Gasteiger charge is 2.18. The fraction of sp³-hybridized carbons (Fsp3) is 0.562. The lowest BCUT2D eigenvalue weighted by atomic mass is 10.2. The number of benzene rings is 1. The van der Waals surface area contributed by atoms with Crippen LogP contribution in [0, 0.1) is 5.82 Å². The molecule has 1 N–H and O–H groups in total. The largest absolute Gasteiger partial charge is 0.481 e. The second-order valence-electron chi connectivity index (χ2n) is 5.72. The molecule has 0 aromatic heterocycles. The Morgan fingerprint density at radius 1 is 1.33 bits per heavy atom. The van der Waals surface area contributed by atoms with Crippen molar-refractivity contribution in [2.24, 2.45) is 0 Å². The van der Waals surface area contributed by atoms with E-state index in [-0.39, 0.29) is 16.5 Å². The maximum atomic E-state index is 12.8. The molecule has 0 saturated carbocycles. The molecule has 21 heavy (non-hydrogen) atoms. The van der Waals surface area contributed by atoms with E-state index in [1.807, 2.05) is 6.92 Å². The van der Waals surface area contributed by atoms with Crippen molar-refractivity contribution < 1.29 is 13.9 Å². The van der Waals surface area contributed by atoms with Gasteiger partial charge in [0, 0.05) is 17.0 Å². The zero-order chi connectivity index (χ0) is 15.9. The maximum absolute atomic E-state index is 12.8. The van der Waals surface area contributed by atoms with E-state index in [2.05, 4.69) is 26.1 Å². The van der Waals surface area contributed by atoms with Crippen molar-refractivity contribution in [1.29, 1.82) is 0 Å². The Labute approximate surface area is 130 Å². The second kappa shape index (κ2) is 8.27. The standard InChI is InChI=1S/C16H24FNO2S/c1-5-14(20-13-8-6-12(17)7-9-13)15(19)18-10-11-21-16(2,3)4/h6-9,14H,5,10-11H2,1-4H3,(H,18,19)/t14-/m0/s1. The van der Waals surface area contributed by atoms with Gasteiger partial charge in [0.1, 0.15) is 11.6 Å². The van der Waals surface area contributed by atoms with E-state index in [0.29, 0.717) is 18.7 Å². The number of halogens is 1. The molecule has 1 atom stereocenters. The molecule has 0 aliphatic carbocycles. The van der Waals surface area contributed by atoms with Crippen molar-refractivity contribution in [3.05, 3.63) is 30.1 Å². The number of carbonyl (C=O) groups excluding carboxylic acids is 1. The van der Waals surface area contributed by atoms with Crippen LogP contribution in [0.25, 0.3) is 0 Å². The van der Waals surface area contributed by atoms with E-state index in [0.717, 1.165) is 5.75 Å². The Hall–Kier alpha value is -1.23. The number of thioether (sulfide) groups is 1. The van der Waals surface area contributed by atoms with Crippen LogP contribution in [0.4, 0.5) is 4.39 Å². The number of hydrogen-bond acceptors (Lipinski definition) is 3. The lowest BCUT2D eigenvalue weighted by molar-refractivity contribution is -0.127. The van der Waals surface area contributed by atoms with Gasteiger partial charge in [0.15, 0.2) is 6.10 Å². The first-order valence-electron chi connectivity index (χ1n) is 7.15. The number of rotatable bonds is 7. The molecule has 0 heterocycles. The minimum Gasteiger partial charge on any atom is -0.481 e. The Bertz CT molecular complexity index is 443. The van der Waals surface area contributed by atoms with Gasteiger partial charge in [-0.2, -0.15) is 11.8 Å². The first-order valence-corrected chi connectivity index (χ1v) is 8.14. The molecule has 0 aliphatic rings. The number of nitrogens with one attached hydrogen (secondary N) is 1. The Morgan fingerprint density at radius 2 is 1.95 bits per heavy atom. The summed E-state index contributed by atoms with van der Waals surface area (Å²) in [5, 5.41) is 2.88. The van der Waals surface area contributed by atoms with E-state index in [9.17, 15) is 9.18 Å². The van der Waals surface area contributed by atoms with Gasteiger partial charge in [0.25, 0.3) is 5.91 Å². The number of amides is 1. The molecule has 0 fully saturated rings. The van der Waals surface area contributed by atoms with E-state index in [1.54, 1.807) is 11.8 Å². The molecule has 118 valence electrons. The van der Waals surface area contributed by atoms with Gasteiger partial charge in [-0.05, 0) is 30.7 Å². The van der Waals surface area contributed by atoms with Crippen molar-refractivity contribution >= 4 is 17.7 Å². The Kier molecular flexibility index (Phi) is 7.02. The molecular formula is C16H24FNO2S. The van der Waals surface area contributed by atoms with Crippen LogP contribution in [0.1, 0.15) is 34.1 Å². The van der Waals surface area contributed by atoms with Crippen LogP contribution in [-0.2, 0) is 4.79 Å². The van der Waals surface area contributed by atoms with Gasteiger partial charge in [-0.25, -0.2) is 4.39 Å². The van der Waals surface area contributed by atoms with Crippen molar-refractivity contribution in [2.45, 2.75) is 45.0 Å². The van der Waals surface area contributed by atoms with E-state index in [4.69, 9.17) is 4.74 Å². The van der Waals surface area contributed by atoms with Crippen LogP contribution >= 0.6 is 11.8 Å². The van der Waals surface area contributed by atoms with Gasteiger partial charge in [-0.3, -0.25) is 4.79 Å². The molecule has 1 aromatic carbocycles. The first kappa shape index (κ1) is 17.8. The van der Waals surface area contributed by atoms with Gasteiger partial charge in [0.2, 0.25) is 0 Å². The molecule has 0 saturated heterocycles. The highest BCUT2D eigenvalue weighted by Crippen LogP contribution is 2.22. The van der Waals surface area contributed by atoms with Crippen LogP contribution < -0.4 is 10.1 Å². The van der Waals surface area contributed by atoms with E-state index < -0.39 is 6.10 Å². The molecule has 0 bridgehead atoms. The molecule has 3 nitrogen and oxygen atoms in total. The van der Waals surface area contributed by atoms with E-state index >= 15 is 0 Å². The van der Waals surface area contributed by atoms with Gasteiger partial charge in [0.05, 0.1) is 0 Å². The van der Waals surface area contributed by atoms with Crippen LogP contribution in [-0.4, -0.2) is 29.1 Å². The van der Waals surface area contributed by atoms with Gasteiger partial charge in [-0.15, -0.1) is 0 Å². The molecule has 0 radical (unpaired) electrons. The third-order valence-corrected chi connectivity index (χ3v) is 3.97. The highest BCUT2D eigenvalue weighted by molar-refractivity contribution is 8.00. The van der Waals surface area contributed by atoms with Gasteiger partial charge < -0.3 is 10.1 Å². The number of carbonyl (C=O) groups is 1. The molecule has 0 unspecified atom stereocenters. The fourth-order valence-corrected chi connectivity index (χ4v) is 2.46. The topological polar surface area (TPSA) is 38.3 Å². The third-order valence-electron chi connectivity index (χ3n) is 2.69. The maximum Gasteiger partial charge on any atom is 0.261 e. The zero-order valence-electron chi connectivity index (χ0n) is 13.1. The molecule has 1 rings (SSSR count). The summed E-state index contributed by atoms with van der Waals surface area (Å²) in [5.41, 5.74) is 0. The molecule has 1 aromatic rings. The molecule has 5 heteroatoms. The number of hydrogen-bond donors (Lipinski definition) is 1. The van der Waals surface area contributed by atoms with E-state index in [1.165, 1.54) is 24.3 Å². The fourth-order valence-electron chi connectivity index (χ4n) is 1.64. The average molecular weight is 313 g/mol. The zero-order valence-corrected chi connectivity index (χ0v) is 13.9. The average Bonchev–Trinajstić information content (AvgIpc) is 2.41. The smallest absolute Gasteiger partial charge is 0.261 e. The summed E-state index contributed by atoms with van der Waals surface area (Å²) in [5.74, 6) is 0.917. The molecule has 1 amide bonds. The summed E-state index contributed by atoms with van der Waals surface area (Å²) in [6.45, 7) is 8.94. The second-order valence-corrected chi connectivity index (χ2v) is 7.64. The summed E-state index contributed by atoms with van der Waals surface area (Å²) < 4.78 is 18.6. The van der Waals surface area contributed by atoms with Crippen LogP contribution in [0.5, 0.6) is 5.75 Å². The van der Waals surface area contributed by atoms with Crippen molar-refractivity contribution in [2.75, 3.05) is 12.3 Å². The minimum atomic E-state index is -0.546. The predicted octanol–water partition coefficient (Wildman–Crippen LogP) is 3.63. The van der Waals surface area contributed by atoms with Crippen LogP contribution in [0.15, 0.2) is 24.3 Å². The quantitative estimate of drug-likeness (QED) is 0.781. The Morgan fingerprint density at radius 3 is 2.48 bits per heavy atom. The molecule has 0 aliphatic heterocycles. The van der Waals surface area contributed by atoms with Gasteiger partial charge in [-0.1, -0.05) is 27.7 Å². The number of ether oxygens (including phenoxy) is 1.